The van der Waals surface area contributed by atoms with Crippen LogP contribution in [-0.4, -0.2) is 28.2 Å². The fourth-order valence-corrected chi connectivity index (χ4v) is 2.37. The molecule has 0 saturated carbocycles. The first-order chi connectivity index (χ1) is 12.2. The van der Waals surface area contributed by atoms with E-state index in [4.69, 9.17) is 9.47 Å². The maximum absolute atomic E-state index is 5.86. The highest BCUT2D eigenvalue weighted by Gasteiger charge is 2.06. The topological polar surface area (TPSA) is 61.5 Å². The van der Waals surface area contributed by atoms with E-state index in [0.717, 1.165) is 22.8 Å². The van der Waals surface area contributed by atoms with Crippen LogP contribution >= 0.6 is 0 Å². The number of methoxy groups -OCH3 is 1. The Bertz CT molecular complexity index is 853. The Labute approximate surface area is 146 Å². The third-order valence-electron chi connectivity index (χ3n) is 3.70. The van der Waals surface area contributed by atoms with Crippen molar-refractivity contribution in [3.8, 4) is 11.5 Å². The van der Waals surface area contributed by atoms with Crippen LogP contribution in [0, 0.1) is 13.8 Å². The van der Waals surface area contributed by atoms with Gasteiger partial charge in [0.05, 0.1) is 13.3 Å². The molecule has 1 aromatic heterocycles. The van der Waals surface area contributed by atoms with Crippen molar-refractivity contribution in [2.24, 2.45) is 5.10 Å². The minimum absolute atomic E-state index is 0.490. The zero-order valence-corrected chi connectivity index (χ0v) is 14.5. The fourth-order valence-electron chi connectivity index (χ4n) is 2.37. The predicted octanol–water partition coefficient (Wildman–Crippen LogP) is 3.36. The zero-order valence-electron chi connectivity index (χ0n) is 14.5. The molecule has 0 aliphatic rings. The summed E-state index contributed by atoms with van der Waals surface area (Å²) in [6.45, 7) is 4.21. The van der Waals surface area contributed by atoms with Crippen molar-refractivity contribution in [2.75, 3.05) is 7.11 Å². The number of nitrogens with zero attached hydrogens (tertiary/aromatic N) is 4. The number of rotatable bonds is 6. The molecule has 0 aliphatic carbocycles. The van der Waals surface area contributed by atoms with Gasteiger partial charge in [-0.25, -0.2) is 4.68 Å². The molecule has 3 aromatic rings. The van der Waals surface area contributed by atoms with Crippen molar-refractivity contribution in [3.63, 3.8) is 0 Å². The lowest BCUT2D eigenvalue weighted by atomic mass is 10.2. The Morgan fingerprint density at radius 3 is 2.40 bits per heavy atom. The maximum Gasteiger partial charge on any atom is 0.161 e. The van der Waals surface area contributed by atoms with Crippen LogP contribution in [0.25, 0.3) is 0 Å². The van der Waals surface area contributed by atoms with Crippen LogP contribution in [0.2, 0.25) is 0 Å². The highest BCUT2D eigenvalue weighted by molar-refractivity contribution is 5.80. The second-order valence-corrected chi connectivity index (χ2v) is 5.54. The van der Waals surface area contributed by atoms with Gasteiger partial charge >= 0.3 is 0 Å². The molecule has 0 saturated heterocycles. The van der Waals surface area contributed by atoms with Crippen LogP contribution in [0.1, 0.15) is 22.8 Å². The van der Waals surface area contributed by atoms with Gasteiger partial charge in [0.15, 0.2) is 23.1 Å². The lowest BCUT2D eigenvalue weighted by Gasteiger charge is -2.11. The van der Waals surface area contributed by atoms with Gasteiger partial charge in [-0.05, 0) is 43.2 Å². The van der Waals surface area contributed by atoms with Crippen molar-refractivity contribution in [1.29, 1.82) is 0 Å². The second kappa shape index (κ2) is 7.61. The molecule has 0 N–H and O–H groups in total. The lowest BCUT2D eigenvalue weighted by molar-refractivity contribution is 0.284. The molecule has 0 bridgehead atoms. The molecule has 0 unspecified atom stereocenters. The number of hydrogen-bond acceptors (Lipinski definition) is 5. The van der Waals surface area contributed by atoms with Crippen molar-refractivity contribution < 1.29 is 9.47 Å². The normalized spacial score (nSPS) is 11.0. The van der Waals surface area contributed by atoms with Crippen LogP contribution in [-0.2, 0) is 6.61 Å². The van der Waals surface area contributed by atoms with Gasteiger partial charge in [0.1, 0.15) is 6.61 Å². The minimum atomic E-state index is 0.490. The average molecular weight is 336 g/mol. The fraction of sp³-hybridized carbons (Fsp3) is 0.211. The summed E-state index contributed by atoms with van der Waals surface area (Å²) in [7, 11) is 1.62. The molecule has 128 valence electrons. The highest BCUT2D eigenvalue weighted by atomic mass is 16.5. The first kappa shape index (κ1) is 16.7. The molecule has 6 nitrogen and oxygen atoms in total. The molecule has 2 aromatic carbocycles. The summed E-state index contributed by atoms with van der Waals surface area (Å²) < 4.78 is 13.0. The molecule has 0 radical (unpaired) electrons. The maximum atomic E-state index is 5.86. The van der Waals surface area contributed by atoms with E-state index in [-0.39, 0.29) is 0 Å². The van der Waals surface area contributed by atoms with E-state index >= 15 is 0 Å². The lowest BCUT2D eigenvalue weighted by Crippen LogP contribution is -1.99. The third-order valence-corrected chi connectivity index (χ3v) is 3.70. The van der Waals surface area contributed by atoms with Gasteiger partial charge in [0.25, 0.3) is 0 Å². The number of aromatic nitrogens is 3. The molecule has 1 heterocycles. The van der Waals surface area contributed by atoms with E-state index in [1.54, 1.807) is 18.0 Å². The van der Waals surface area contributed by atoms with Gasteiger partial charge in [-0.1, -0.05) is 30.3 Å². The molecule has 0 spiro atoms. The third kappa shape index (κ3) is 4.03. The molecule has 0 fully saturated rings. The van der Waals surface area contributed by atoms with Gasteiger partial charge in [0.2, 0.25) is 0 Å². The highest BCUT2D eigenvalue weighted by Crippen LogP contribution is 2.28. The standard InChI is InChI=1S/C19H20N4O2/c1-14-21-22-15(2)23(14)20-12-17-9-10-18(19(11-17)24-3)25-13-16-7-5-4-6-8-16/h4-12H,13H2,1-3H3. The summed E-state index contributed by atoms with van der Waals surface area (Å²) in [6.07, 6.45) is 1.74. The first-order valence-corrected chi connectivity index (χ1v) is 7.95. The summed E-state index contributed by atoms with van der Waals surface area (Å²) in [4.78, 5) is 0. The second-order valence-electron chi connectivity index (χ2n) is 5.54. The molecule has 0 aliphatic heterocycles. The first-order valence-electron chi connectivity index (χ1n) is 7.95. The van der Waals surface area contributed by atoms with Crippen LogP contribution in [0.15, 0.2) is 53.6 Å². The Balaban J connectivity index is 1.75. The van der Waals surface area contributed by atoms with E-state index in [2.05, 4.69) is 15.3 Å². The predicted molar refractivity (Wildman–Crippen MR) is 96.3 cm³/mol. The average Bonchev–Trinajstić information content (AvgIpc) is 2.97. The summed E-state index contributed by atoms with van der Waals surface area (Å²) in [5, 5.41) is 12.4. The van der Waals surface area contributed by atoms with E-state index < -0.39 is 0 Å². The number of aryl methyl sites for hydroxylation is 2. The van der Waals surface area contributed by atoms with E-state index in [1.165, 1.54) is 0 Å². The van der Waals surface area contributed by atoms with Crippen molar-refractivity contribution in [3.05, 3.63) is 71.3 Å². The SMILES string of the molecule is COc1cc(C=Nn2c(C)nnc2C)ccc1OCc1ccccc1. The minimum Gasteiger partial charge on any atom is -0.493 e. The molecule has 0 amide bonds. The Morgan fingerprint density at radius 1 is 1.00 bits per heavy atom. The smallest absolute Gasteiger partial charge is 0.161 e. The monoisotopic (exact) mass is 336 g/mol. The van der Waals surface area contributed by atoms with Crippen LogP contribution in [0.5, 0.6) is 11.5 Å². The number of ether oxygens (including phenoxy) is 2. The van der Waals surface area contributed by atoms with Gasteiger partial charge < -0.3 is 9.47 Å². The van der Waals surface area contributed by atoms with Crippen molar-refractivity contribution in [2.45, 2.75) is 20.5 Å². The Hall–Kier alpha value is -3.15. The van der Waals surface area contributed by atoms with Crippen molar-refractivity contribution >= 4 is 6.21 Å². The van der Waals surface area contributed by atoms with Crippen LogP contribution in [0.3, 0.4) is 0 Å². The van der Waals surface area contributed by atoms with Crippen molar-refractivity contribution in [1.82, 2.24) is 14.9 Å². The van der Waals surface area contributed by atoms with Gasteiger partial charge in [-0.15, -0.1) is 10.2 Å². The number of benzene rings is 2. The van der Waals surface area contributed by atoms with E-state index in [9.17, 15) is 0 Å². The van der Waals surface area contributed by atoms with E-state index in [0.29, 0.717) is 18.1 Å². The molecule has 0 atom stereocenters. The summed E-state index contributed by atoms with van der Waals surface area (Å²) >= 11 is 0. The zero-order chi connectivity index (χ0) is 17.6. The summed E-state index contributed by atoms with van der Waals surface area (Å²) in [5.74, 6) is 2.84. The molecule has 3 rings (SSSR count). The van der Waals surface area contributed by atoms with Crippen LogP contribution in [0.4, 0.5) is 0 Å². The van der Waals surface area contributed by atoms with Gasteiger partial charge in [-0.2, -0.15) is 5.10 Å². The molecule has 25 heavy (non-hydrogen) atoms. The van der Waals surface area contributed by atoms with E-state index in [1.807, 2.05) is 62.4 Å². The Kier molecular flexibility index (Phi) is 5.09. The largest absolute Gasteiger partial charge is 0.493 e. The Morgan fingerprint density at radius 2 is 1.72 bits per heavy atom. The van der Waals surface area contributed by atoms with Gasteiger partial charge in [-0.3, -0.25) is 0 Å². The summed E-state index contributed by atoms with van der Waals surface area (Å²) in [6, 6.07) is 15.7. The molecular weight excluding hydrogens is 316 g/mol. The molecule has 6 heteroatoms. The summed E-state index contributed by atoms with van der Waals surface area (Å²) in [5.41, 5.74) is 2.00. The van der Waals surface area contributed by atoms with Crippen LogP contribution < -0.4 is 9.47 Å². The number of hydrogen-bond donors (Lipinski definition) is 0. The molecular formula is C19H20N4O2. The quantitative estimate of drug-likeness (QED) is 0.648. The van der Waals surface area contributed by atoms with Gasteiger partial charge in [0, 0.05) is 0 Å².